The van der Waals surface area contributed by atoms with Crippen molar-refractivity contribution in [3.8, 4) is 6.07 Å². The molecule has 0 saturated carbocycles. The molecule has 0 aliphatic carbocycles. The third kappa shape index (κ3) is 2.43. The van der Waals surface area contributed by atoms with Crippen molar-refractivity contribution in [3.63, 3.8) is 0 Å². The number of nitrogens with zero attached hydrogens (tertiary/aromatic N) is 4. The zero-order chi connectivity index (χ0) is 15.7. The van der Waals surface area contributed by atoms with Gasteiger partial charge in [0.15, 0.2) is 0 Å². The highest BCUT2D eigenvalue weighted by Crippen LogP contribution is 2.18. The Bertz CT molecular complexity index is 906. The Morgan fingerprint density at radius 3 is 2.86 bits per heavy atom. The summed E-state index contributed by atoms with van der Waals surface area (Å²) in [5.41, 5.74) is -0.0407. The third-order valence-corrected chi connectivity index (χ3v) is 5.49. The molecule has 114 valence electrons. The molecular weight excluding hydrogens is 306 g/mol. The van der Waals surface area contributed by atoms with Gasteiger partial charge in [0.1, 0.15) is 5.82 Å². The normalized spacial score (nSPS) is 15.8. The largest absolute Gasteiger partial charge is 0.343 e. The topological polar surface area (TPSA) is 112 Å². The fraction of sp³-hybridized carbons (Fsp3) is 0.308. The highest BCUT2D eigenvalue weighted by Gasteiger charge is 2.27. The predicted octanol–water partition coefficient (Wildman–Crippen LogP) is -0.310. The van der Waals surface area contributed by atoms with E-state index in [1.807, 2.05) is 6.07 Å². The van der Waals surface area contributed by atoms with E-state index in [-0.39, 0.29) is 30.2 Å². The summed E-state index contributed by atoms with van der Waals surface area (Å²) in [5.74, 6) is 0.550. The van der Waals surface area contributed by atoms with Crippen LogP contribution in [0.2, 0.25) is 0 Å². The van der Waals surface area contributed by atoms with Crippen LogP contribution in [0.5, 0.6) is 0 Å². The number of rotatable bonds is 2. The van der Waals surface area contributed by atoms with Gasteiger partial charge in [0, 0.05) is 26.1 Å². The van der Waals surface area contributed by atoms with E-state index in [1.54, 1.807) is 12.1 Å². The van der Waals surface area contributed by atoms with Crippen molar-refractivity contribution in [1.82, 2.24) is 19.1 Å². The van der Waals surface area contributed by atoms with Crippen LogP contribution in [-0.4, -0.2) is 40.6 Å². The first-order valence-electron chi connectivity index (χ1n) is 6.67. The lowest BCUT2D eigenvalue weighted by atomic mass is 10.2. The Morgan fingerprint density at radius 1 is 1.27 bits per heavy atom. The average Bonchev–Trinajstić information content (AvgIpc) is 2.75. The smallest absolute Gasteiger partial charge is 0.278 e. The number of sulfonamides is 1. The molecule has 0 saturated heterocycles. The number of hydrogen-bond donors (Lipinski definition) is 1. The van der Waals surface area contributed by atoms with Crippen molar-refractivity contribution in [1.29, 1.82) is 5.26 Å². The first kappa shape index (κ1) is 14.5. The monoisotopic (exact) mass is 319 g/mol. The lowest BCUT2D eigenvalue weighted by Crippen LogP contribution is -2.34. The first-order valence-corrected chi connectivity index (χ1v) is 8.11. The minimum absolute atomic E-state index is 0.0833. The highest BCUT2D eigenvalue weighted by atomic mass is 32.2. The van der Waals surface area contributed by atoms with E-state index in [1.165, 1.54) is 21.0 Å². The number of benzene rings is 1. The van der Waals surface area contributed by atoms with Crippen LogP contribution in [0.25, 0.3) is 0 Å². The summed E-state index contributed by atoms with van der Waals surface area (Å²) < 4.78 is 28.1. The lowest BCUT2D eigenvalue weighted by molar-refractivity contribution is 0.413. The van der Waals surface area contributed by atoms with Gasteiger partial charge in [0.2, 0.25) is 10.0 Å². The molecule has 0 radical (unpaired) electrons. The molecule has 2 aromatic rings. The van der Waals surface area contributed by atoms with E-state index in [2.05, 4.69) is 10.2 Å². The molecule has 2 heterocycles. The Labute approximate surface area is 126 Å². The average molecular weight is 319 g/mol. The van der Waals surface area contributed by atoms with Gasteiger partial charge in [0.25, 0.3) is 0 Å². The van der Waals surface area contributed by atoms with Crippen molar-refractivity contribution >= 4 is 10.0 Å². The Kier molecular flexibility index (Phi) is 3.56. The zero-order valence-electron chi connectivity index (χ0n) is 11.6. The van der Waals surface area contributed by atoms with Crippen LogP contribution in [0, 0.1) is 11.3 Å². The van der Waals surface area contributed by atoms with Gasteiger partial charge < -0.3 is 0 Å². The molecule has 0 fully saturated rings. The van der Waals surface area contributed by atoms with Gasteiger partial charge in [-0.1, -0.05) is 6.07 Å². The quantitative estimate of drug-likeness (QED) is 0.816. The second kappa shape index (κ2) is 5.40. The molecule has 1 aromatic heterocycles. The van der Waals surface area contributed by atoms with Gasteiger partial charge >= 0.3 is 5.69 Å². The summed E-state index contributed by atoms with van der Waals surface area (Å²) in [6, 6.07) is 7.84. The number of nitriles is 1. The molecule has 0 bridgehead atoms. The van der Waals surface area contributed by atoms with Gasteiger partial charge in [0.05, 0.1) is 16.5 Å². The van der Waals surface area contributed by atoms with Crippen LogP contribution < -0.4 is 5.69 Å². The molecule has 0 unspecified atom stereocenters. The zero-order valence-corrected chi connectivity index (χ0v) is 12.4. The van der Waals surface area contributed by atoms with Crippen molar-refractivity contribution in [2.24, 2.45) is 0 Å². The van der Waals surface area contributed by atoms with Crippen molar-refractivity contribution in [3.05, 3.63) is 46.1 Å². The van der Waals surface area contributed by atoms with Crippen molar-refractivity contribution in [2.75, 3.05) is 13.1 Å². The summed E-state index contributed by atoms with van der Waals surface area (Å²) >= 11 is 0. The van der Waals surface area contributed by atoms with Crippen LogP contribution in [0.15, 0.2) is 34.0 Å². The summed E-state index contributed by atoms with van der Waals surface area (Å²) in [6.45, 7) is 0.677. The molecule has 9 heteroatoms. The molecule has 0 spiro atoms. The van der Waals surface area contributed by atoms with Crippen molar-refractivity contribution < 1.29 is 8.42 Å². The summed E-state index contributed by atoms with van der Waals surface area (Å²) in [6.07, 6.45) is 0.357. The minimum atomic E-state index is -3.70. The number of fused-ring (bicyclic) bond motifs is 1. The van der Waals surface area contributed by atoms with E-state index in [4.69, 9.17) is 5.26 Å². The molecule has 0 atom stereocenters. The fourth-order valence-electron chi connectivity index (χ4n) is 2.44. The number of aromatic amines is 1. The summed E-state index contributed by atoms with van der Waals surface area (Å²) in [4.78, 5) is 11.7. The van der Waals surface area contributed by atoms with Crippen LogP contribution in [0.1, 0.15) is 11.4 Å². The Morgan fingerprint density at radius 2 is 2.09 bits per heavy atom. The highest BCUT2D eigenvalue weighted by molar-refractivity contribution is 7.89. The van der Waals surface area contributed by atoms with Crippen molar-refractivity contribution in [2.45, 2.75) is 17.9 Å². The standard InChI is InChI=1S/C13H13N5O3S/c14-9-10-2-1-3-11(8-10)22(20,21)17-5-4-12-15-16-13(19)18(12)7-6-17/h1-3,8H,4-7H2,(H,16,19). The van der Waals surface area contributed by atoms with Gasteiger partial charge in [-0.15, -0.1) is 0 Å². The molecule has 1 aliphatic heterocycles. The van der Waals surface area contributed by atoms with Crippen LogP contribution >= 0.6 is 0 Å². The lowest BCUT2D eigenvalue weighted by Gasteiger charge is -2.19. The molecule has 1 aromatic carbocycles. The number of hydrogen-bond acceptors (Lipinski definition) is 5. The summed E-state index contributed by atoms with van der Waals surface area (Å²) in [5, 5.41) is 15.2. The second-order valence-electron chi connectivity index (χ2n) is 4.89. The van der Waals surface area contributed by atoms with E-state index >= 15 is 0 Å². The Hall–Kier alpha value is -2.44. The number of aromatic nitrogens is 3. The van der Waals surface area contributed by atoms with Gasteiger partial charge in [-0.3, -0.25) is 4.57 Å². The molecule has 22 heavy (non-hydrogen) atoms. The second-order valence-corrected chi connectivity index (χ2v) is 6.83. The van der Waals surface area contributed by atoms with Crippen LogP contribution in [-0.2, 0) is 23.0 Å². The molecule has 1 aliphatic rings. The predicted molar refractivity (Wildman–Crippen MR) is 76.5 cm³/mol. The summed E-state index contributed by atoms with van der Waals surface area (Å²) in [7, 11) is -3.70. The van der Waals surface area contributed by atoms with E-state index in [9.17, 15) is 13.2 Å². The van der Waals surface area contributed by atoms with Gasteiger partial charge in [-0.05, 0) is 18.2 Å². The van der Waals surface area contributed by atoms with E-state index in [0.717, 1.165) is 0 Å². The SMILES string of the molecule is N#Cc1cccc(S(=O)(=O)N2CCc3n[nH]c(=O)n3CC2)c1. The van der Waals surface area contributed by atoms with E-state index < -0.39 is 10.0 Å². The van der Waals surface area contributed by atoms with Gasteiger partial charge in [-0.2, -0.15) is 14.7 Å². The number of nitrogens with one attached hydrogen (secondary N) is 1. The molecule has 1 N–H and O–H groups in total. The molecular formula is C13H13N5O3S. The first-order chi connectivity index (χ1) is 10.5. The molecule has 3 rings (SSSR count). The maximum absolute atomic E-state index is 12.7. The van der Waals surface area contributed by atoms with E-state index in [0.29, 0.717) is 17.8 Å². The maximum atomic E-state index is 12.7. The Balaban J connectivity index is 1.91. The van der Waals surface area contributed by atoms with Gasteiger partial charge in [-0.25, -0.2) is 18.3 Å². The maximum Gasteiger partial charge on any atom is 0.343 e. The molecule has 8 nitrogen and oxygen atoms in total. The molecule has 0 amide bonds. The number of H-pyrrole nitrogens is 1. The third-order valence-electron chi connectivity index (χ3n) is 3.60. The fourth-order valence-corrected chi connectivity index (χ4v) is 3.91. The van der Waals surface area contributed by atoms with Crippen LogP contribution in [0.4, 0.5) is 0 Å². The van der Waals surface area contributed by atoms with Crippen LogP contribution in [0.3, 0.4) is 0 Å². The minimum Gasteiger partial charge on any atom is -0.278 e.